The molecule has 144 valence electrons. The Labute approximate surface area is 160 Å². The van der Waals surface area contributed by atoms with Gasteiger partial charge in [-0.2, -0.15) is 0 Å². The van der Waals surface area contributed by atoms with Crippen molar-refractivity contribution in [3.8, 4) is 5.75 Å². The molecule has 0 bridgehead atoms. The minimum Gasteiger partial charge on any atom is -0.508 e. The third-order valence-corrected chi connectivity index (χ3v) is 5.12. The van der Waals surface area contributed by atoms with Gasteiger partial charge in [0.25, 0.3) is 5.91 Å². The molecule has 1 N–H and O–H groups in total. The van der Waals surface area contributed by atoms with E-state index in [1.807, 2.05) is 29.0 Å². The average Bonchev–Trinajstić information content (AvgIpc) is 2.69. The summed E-state index contributed by atoms with van der Waals surface area (Å²) in [6.45, 7) is 5.29. The van der Waals surface area contributed by atoms with E-state index in [2.05, 4.69) is 28.8 Å². The highest BCUT2D eigenvalue weighted by atomic mass is 16.3. The molecule has 7 nitrogen and oxygen atoms in total. The third kappa shape index (κ3) is 4.74. The summed E-state index contributed by atoms with van der Waals surface area (Å²) in [6.07, 6.45) is 4.03. The Morgan fingerprint density at radius 2 is 1.85 bits per heavy atom. The standard InChI is InChI=1S/C20H27N5O2/c1-15(12-16-4-6-17(26)7-5-16)24(3)19-14-21-13-18(22-19)20(27)25-10-8-23(2)9-11-25/h4-7,13-15,26H,8-12H2,1-3H3. The lowest BCUT2D eigenvalue weighted by Crippen LogP contribution is -2.47. The Hall–Kier alpha value is -2.67. The molecule has 0 radical (unpaired) electrons. The van der Waals surface area contributed by atoms with Crippen LogP contribution in [0.15, 0.2) is 36.7 Å². The van der Waals surface area contributed by atoms with E-state index in [1.54, 1.807) is 24.5 Å². The summed E-state index contributed by atoms with van der Waals surface area (Å²) in [5, 5.41) is 9.42. The number of benzene rings is 1. The van der Waals surface area contributed by atoms with Crippen LogP contribution in [0.25, 0.3) is 0 Å². The van der Waals surface area contributed by atoms with Crippen molar-refractivity contribution in [1.82, 2.24) is 19.8 Å². The molecule has 2 aromatic rings. The van der Waals surface area contributed by atoms with Crippen LogP contribution in [0.3, 0.4) is 0 Å². The zero-order valence-corrected chi connectivity index (χ0v) is 16.2. The first-order valence-electron chi connectivity index (χ1n) is 9.24. The van der Waals surface area contributed by atoms with Gasteiger partial charge >= 0.3 is 0 Å². The predicted octanol–water partition coefficient (Wildman–Crippen LogP) is 1.64. The number of nitrogens with zero attached hydrogens (tertiary/aromatic N) is 5. The van der Waals surface area contributed by atoms with Crippen LogP contribution < -0.4 is 4.90 Å². The molecule has 0 spiro atoms. The Bertz CT molecular complexity index is 772. The molecular weight excluding hydrogens is 342 g/mol. The van der Waals surface area contributed by atoms with Crippen molar-refractivity contribution in [1.29, 1.82) is 0 Å². The summed E-state index contributed by atoms with van der Waals surface area (Å²) >= 11 is 0. The van der Waals surface area contributed by atoms with Crippen LogP contribution in [-0.2, 0) is 6.42 Å². The van der Waals surface area contributed by atoms with Crippen molar-refractivity contribution in [2.24, 2.45) is 0 Å². The van der Waals surface area contributed by atoms with Gasteiger partial charge in [0.05, 0.1) is 12.4 Å². The molecule has 3 rings (SSSR count). The van der Waals surface area contributed by atoms with Crippen LogP contribution in [0, 0.1) is 0 Å². The lowest BCUT2D eigenvalue weighted by Gasteiger charge is -2.32. The molecule has 0 saturated carbocycles. The number of phenols is 1. The first kappa shape index (κ1) is 19.1. The summed E-state index contributed by atoms with van der Waals surface area (Å²) in [5.74, 6) is 0.888. The summed E-state index contributed by atoms with van der Waals surface area (Å²) < 4.78 is 0. The second kappa shape index (κ2) is 8.35. The molecule has 7 heteroatoms. The van der Waals surface area contributed by atoms with Crippen molar-refractivity contribution in [2.45, 2.75) is 19.4 Å². The van der Waals surface area contributed by atoms with E-state index < -0.39 is 0 Å². The molecule has 1 atom stereocenters. The van der Waals surface area contributed by atoms with Gasteiger partial charge in [-0.15, -0.1) is 0 Å². The fraction of sp³-hybridized carbons (Fsp3) is 0.450. The summed E-state index contributed by atoms with van der Waals surface area (Å²) in [5.41, 5.74) is 1.52. The van der Waals surface area contributed by atoms with Gasteiger partial charge in [-0.25, -0.2) is 4.98 Å². The monoisotopic (exact) mass is 369 g/mol. The van der Waals surface area contributed by atoms with Crippen molar-refractivity contribution < 1.29 is 9.90 Å². The summed E-state index contributed by atoms with van der Waals surface area (Å²) in [7, 11) is 4.02. The molecule has 1 unspecified atom stereocenters. The van der Waals surface area contributed by atoms with Crippen molar-refractivity contribution >= 4 is 11.7 Å². The van der Waals surface area contributed by atoms with Crippen LogP contribution in [0.2, 0.25) is 0 Å². The lowest BCUT2D eigenvalue weighted by atomic mass is 10.1. The molecule has 0 aliphatic carbocycles. The number of anilines is 1. The lowest BCUT2D eigenvalue weighted by molar-refractivity contribution is 0.0658. The Kier molecular flexibility index (Phi) is 5.91. The zero-order chi connectivity index (χ0) is 19.4. The van der Waals surface area contributed by atoms with Crippen LogP contribution in [-0.4, -0.2) is 77.1 Å². The van der Waals surface area contributed by atoms with Crippen LogP contribution >= 0.6 is 0 Å². The minimum atomic E-state index is -0.0583. The third-order valence-electron chi connectivity index (χ3n) is 5.12. The van der Waals surface area contributed by atoms with E-state index in [-0.39, 0.29) is 17.7 Å². The fourth-order valence-corrected chi connectivity index (χ4v) is 3.14. The van der Waals surface area contributed by atoms with Gasteiger partial charge in [-0.05, 0) is 38.1 Å². The van der Waals surface area contributed by atoms with Crippen molar-refractivity contribution in [3.63, 3.8) is 0 Å². The van der Waals surface area contributed by atoms with Crippen LogP contribution in [0.4, 0.5) is 5.82 Å². The van der Waals surface area contributed by atoms with Gasteiger partial charge in [0.1, 0.15) is 17.3 Å². The highest BCUT2D eigenvalue weighted by molar-refractivity contribution is 5.92. The highest BCUT2D eigenvalue weighted by Gasteiger charge is 2.22. The minimum absolute atomic E-state index is 0.0583. The van der Waals surface area contributed by atoms with E-state index in [1.165, 1.54) is 0 Å². The number of carbonyl (C=O) groups excluding carboxylic acids is 1. The van der Waals surface area contributed by atoms with Crippen molar-refractivity contribution in [2.75, 3.05) is 45.2 Å². The Morgan fingerprint density at radius 3 is 2.52 bits per heavy atom. The van der Waals surface area contributed by atoms with Crippen LogP contribution in [0.5, 0.6) is 5.75 Å². The maximum absolute atomic E-state index is 12.7. The molecule has 2 heterocycles. The molecule has 1 aliphatic heterocycles. The number of carbonyl (C=O) groups is 1. The van der Waals surface area contributed by atoms with Gasteiger partial charge in [0.2, 0.25) is 0 Å². The zero-order valence-electron chi connectivity index (χ0n) is 16.2. The first-order valence-corrected chi connectivity index (χ1v) is 9.24. The second-order valence-electron chi connectivity index (χ2n) is 7.19. The first-order chi connectivity index (χ1) is 12.9. The largest absolute Gasteiger partial charge is 0.508 e. The maximum Gasteiger partial charge on any atom is 0.274 e. The number of phenolic OH excluding ortho intramolecular Hbond substituents is 1. The Balaban J connectivity index is 1.68. The van der Waals surface area contributed by atoms with E-state index in [0.29, 0.717) is 24.6 Å². The predicted molar refractivity (Wildman–Crippen MR) is 105 cm³/mol. The number of rotatable bonds is 5. The van der Waals surface area contributed by atoms with Crippen molar-refractivity contribution in [3.05, 3.63) is 47.9 Å². The van der Waals surface area contributed by atoms with E-state index in [9.17, 15) is 9.90 Å². The van der Waals surface area contributed by atoms with Gasteiger partial charge in [0, 0.05) is 39.3 Å². The number of aromatic nitrogens is 2. The fourth-order valence-electron chi connectivity index (χ4n) is 3.14. The maximum atomic E-state index is 12.7. The quantitative estimate of drug-likeness (QED) is 0.864. The molecule has 27 heavy (non-hydrogen) atoms. The molecule has 1 amide bonds. The van der Waals surface area contributed by atoms with Gasteiger partial charge in [-0.1, -0.05) is 12.1 Å². The summed E-state index contributed by atoms with van der Waals surface area (Å²) in [6, 6.07) is 7.38. The van der Waals surface area contributed by atoms with Gasteiger partial charge in [-0.3, -0.25) is 9.78 Å². The molecule has 1 fully saturated rings. The summed E-state index contributed by atoms with van der Waals surface area (Å²) in [4.78, 5) is 27.6. The number of hydrogen-bond acceptors (Lipinski definition) is 6. The van der Waals surface area contributed by atoms with Gasteiger partial charge in [0.15, 0.2) is 0 Å². The van der Waals surface area contributed by atoms with Gasteiger partial charge < -0.3 is 19.8 Å². The van der Waals surface area contributed by atoms with E-state index >= 15 is 0 Å². The average molecular weight is 369 g/mol. The van der Waals surface area contributed by atoms with E-state index in [4.69, 9.17) is 0 Å². The Morgan fingerprint density at radius 1 is 1.19 bits per heavy atom. The molecule has 1 saturated heterocycles. The molecule has 1 aliphatic rings. The molecular formula is C20H27N5O2. The molecule has 1 aromatic carbocycles. The molecule has 1 aromatic heterocycles. The number of piperazine rings is 1. The highest BCUT2D eigenvalue weighted by Crippen LogP contribution is 2.17. The number of hydrogen-bond donors (Lipinski definition) is 1. The van der Waals surface area contributed by atoms with Crippen LogP contribution in [0.1, 0.15) is 23.0 Å². The normalized spacial score (nSPS) is 16.2. The SMILES string of the molecule is CC(Cc1ccc(O)cc1)N(C)c1cncc(C(=O)N2CCN(C)CC2)n1. The second-order valence-corrected chi connectivity index (χ2v) is 7.19. The smallest absolute Gasteiger partial charge is 0.274 e. The number of amides is 1. The number of likely N-dealkylation sites (N-methyl/N-ethyl adjacent to an activating group) is 2. The topological polar surface area (TPSA) is 72.8 Å². The van der Waals surface area contributed by atoms with E-state index in [0.717, 1.165) is 25.1 Å². The number of aromatic hydroxyl groups is 1.